The monoisotopic (exact) mass is 385 g/mol. The zero-order valence-electron chi connectivity index (χ0n) is 18.1. The minimum absolute atomic E-state index is 0.333. The van der Waals surface area contributed by atoms with Crippen LogP contribution < -0.4 is 15.5 Å². The van der Waals surface area contributed by atoms with Crippen molar-refractivity contribution in [1.82, 2.24) is 25.4 Å². The van der Waals surface area contributed by atoms with Gasteiger partial charge in [0.1, 0.15) is 12.4 Å². The number of aromatic nitrogens is 3. The minimum atomic E-state index is 0.333. The van der Waals surface area contributed by atoms with Crippen LogP contribution in [0.3, 0.4) is 0 Å². The number of nitrogens with zero attached hydrogens (tertiary/aromatic N) is 5. The summed E-state index contributed by atoms with van der Waals surface area (Å²) in [5.41, 5.74) is 1.24. The standard InChI is InChI=1S/C21H35N7/c1-16(2)17(3)24-21(23-15-20-26-25-18(4)28(20)6)22-13-10-14-27(5)19-11-8-7-9-12-19/h7-9,11-12,16-17H,10,13-15H2,1-6H3,(H2,22,23,24). The maximum atomic E-state index is 4.72. The first-order valence-electron chi connectivity index (χ1n) is 10.0. The molecule has 0 aliphatic rings. The lowest BCUT2D eigenvalue weighted by Crippen LogP contribution is -2.45. The number of aryl methyl sites for hydroxylation is 1. The molecule has 0 saturated heterocycles. The normalized spacial score (nSPS) is 12.9. The highest BCUT2D eigenvalue weighted by molar-refractivity contribution is 5.80. The van der Waals surface area contributed by atoms with Gasteiger partial charge in [-0.2, -0.15) is 0 Å². The van der Waals surface area contributed by atoms with Crippen molar-refractivity contribution in [1.29, 1.82) is 0 Å². The Labute approximate surface area is 169 Å². The highest BCUT2D eigenvalue weighted by Gasteiger charge is 2.10. The van der Waals surface area contributed by atoms with Gasteiger partial charge in [-0.3, -0.25) is 0 Å². The molecular formula is C21H35N7. The molecule has 1 atom stereocenters. The molecule has 1 aromatic heterocycles. The van der Waals surface area contributed by atoms with Crippen molar-refractivity contribution in [3.05, 3.63) is 42.0 Å². The SMILES string of the molecule is Cc1nnc(CN=C(NCCCN(C)c2ccccc2)NC(C)C(C)C)n1C. The molecule has 1 heterocycles. The second-order valence-electron chi connectivity index (χ2n) is 7.60. The van der Waals surface area contributed by atoms with Crippen LogP contribution in [0.15, 0.2) is 35.3 Å². The molecule has 0 fully saturated rings. The molecule has 0 radical (unpaired) electrons. The van der Waals surface area contributed by atoms with E-state index in [1.54, 1.807) is 0 Å². The molecule has 7 heteroatoms. The first-order valence-corrected chi connectivity index (χ1v) is 10.0. The smallest absolute Gasteiger partial charge is 0.191 e. The van der Waals surface area contributed by atoms with Crippen molar-refractivity contribution >= 4 is 11.6 Å². The number of benzene rings is 1. The van der Waals surface area contributed by atoms with Crippen LogP contribution >= 0.6 is 0 Å². The summed E-state index contributed by atoms with van der Waals surface area (Å²) < 4.78 is 1.97. The first kappa shape index (κ1) is 21.7. The quantitative estimate of drug-likeness (QED) is 0.395. The summed E-state index contributed by atoms with van der Waals surface area (Å²) in [4.78, 5) is 6.99. The lowest BCUT2D eigenvalue weighted by atomic mass is 10.1. The van der Waals surface area contributed by atoms with Gasteiger partial charge < -0.3 is 20.1 Å². The zero-order chi connectivity index (χ0) is 20.5. The van der Waals surface area contributed by atoms with Gasteiger partial charge in [0.2, 0.25) is 0 Å². The summed E-state index contributed by atoms with van der Waals surface area (Å²) in [5, 5.41) is 15.3. The summed E-state index contributed by atoms with van der Waals surface area (Å²) >= 11 is 0. The average molecular weight is 386 g/mol. The van der Waals surface area contributed by atoms with Crippen LogP contribution in [0, 0.1) is 12.8 Å². The fourth-order valence-corrected chi connectivity index (χ4v) is 2.61. The fraction of sp³-hybridized carbons (Fsp3) is 0.571. The van der Waals surface area contributed by atoms with Gasteiger partial charge in [-0.25, -0.2) is 4.99 Å². The second-order valence-corrected chi connectivity index (χ2v) is 7.60. The number of hydrogen-bond acceptors (Lipinski definition) is 4. The molecule has 154 valence electrons. The number of para-hydroxylation sites is 1. The van der Waals surface area contributed by atoms with E-state index in [1.807, 2.05) is 24.6 Å². The van der Waals surface area contributed by atoms with Crippen LogP contribution in [0.2, 0.25) is 0 Å². The molecule has 0 amide bonds. The van der Waals surface area contributed by atoms with Gasteiger partial charge >= 0.3 is 0 Å². The van der Waals surface area contributed by atoms with Crippen LogP contribution in [-0.4, -0.2) is 46.9 Å². The summed E-state index contributed by atoms with van der Waals surface area (Å²) in [5.74, 6) is 3.10. The van der Waals surface area contributed by atoms with E-state index in [1.165, 1.54) is 5.69 Å². The van der Waals surface area contributed by atoms with E-state index < -0.39 is 0 Å². The first-order chi connectivity index (χ1) is 13.4. The third-order valence-corrected chi connectivity index (χ3v) is 5.09. The Hall–Kier alpha value is -2.57. The van der Waals surface area contributed by atoms with Crippen molar-refractivity contribution in [3.8, 4) is 0 Å². The molecular weight excluding hydrogens is 350 g/mol. The van der Waals surface area contributed by atoms with Gasteiger partial charge in [-0.15, -0.1) is 10.2 Å². The lowest BCUT2D eigenvalue weighted by molar-refractivity contribution is 0.480. The van der Waals surface area contributed by atoms with Gasteiger partial charge in [0, 0.05) is 38.9 Å². The predicted octanol–water partition coefficient (Wildman–Crippen LogP) is 2.73. The number of rotatable bonds is 9. The molecule has 1 unspecified atom stereocenters. The second kappa shape index (κ2) is 10.7. The number of guanidine groups is 1. The highest BCUT2D eigenvalue weighted by Crippen LogP contribution is 2.10. The summed E-state index contributed by atoms with van der Waals surface area (Å²) in [6.45, 7) is 10.9. The van der Waals surface area contributed by atoms with Crippen molar-refractivity contribution in [2.24, 2.45) is 18.0 Å². The summed E-state index contributed by atoms with van der Waals surface area (Å²) in [6.07, 6.45) is 1.02. The van der Waals surface area contributed by atoms with E-state index in [2.05, 4.69) is 77.8 Å². The number of nitrogens with one attached hydrogen (secondary N) is 2. The third kappa shape index (κ3) is 6.55. The number of hydrogen-bond donors (Lipinski definition) is 2. The maximum absolute atomic E-state index is 4.72. The Morgan fingerprint density at radius 1 is 1.18 bits per heavy atom. The van der Waals surface area contributed by atoms with E-state index >= 15 is 0 Å². The van der Waals surface area contributed by atoms with Crippen molar-refractivity contribution in [2.75, 3.05) is 25.0 Å². The van der Waals surface area contributed by atoms with E-state index in [4.69, 9.17) is 4.99 Å². The third-order valence-electron chi connectivity index (χ3n) is 5.09. The molecule has 0 spiro atoms. The molecule has 28 heavy (non-hydrogen) atoms. The van der Waals surface area contributed by atoms with Crippen molar-refractivity contribution < 1.29 is 0 Å². The Morgan fingerprint density at radius 3 is 2.50 bits per heavy atom. The molecule has 0 aliphatic heterocycles. The van der Waals surface area contributed by atoms with E-state index in [9.17, 15) is 0 Å². The van der Waals surface area contributed by atoms with Gasteiger partial charge in [0.05, 0.1) is 0 Å². The molecule has 1 aromatic carbocycles. The van der Waals surface area contributed by atoms with Crippen LogP contribution in [0.25, 0.3) is 0 Å². The van der Waals surface area contributed by atoms with Crippen molar-refractivity contribution in [3.63, 3.8) is 0 Å². The molecule has 0 aliphatic carbocycles. The Kier molecular flexibility index (Phi) is 8.29. The van der Waals surface area contributed by atoms with Gasteiger partial charge in [0.15, 0.2) is 11.8 Å². The van der Waals surface area contributed by atoms with Gasteiger partial charge in [-0.05, 0) is 38.3 Å². The topological polar surface area (TPSA) is 70.4 Å². The molecule has 0 saturated carbocycles. The lowest BCUT2D eigenvalue weighted by Gasteiger charge is -2.22. The molecule has 2 aromatic rings. The molecule has 7 nitrogen and oxygen atoms in total. The van der Waals surface area contributed by atoms with E-state index in [-0.39, 0.29) is 0 Å². The number of anilines is 1. The average Bonchev–Trinajstić information content (AvgIpc) is 3.01. The maximum Gasteiger partial charge on any atom is 0.191 e. The summed E-state index contributed by atoms with van der Waals surface area (Å²) in [7, 11) is 4.09. The zero-order valence-corrected chi connectivity index (χ0v) is 18.1. The van der Waals surface area contributed by atoms with Crippen molar-refractivity contribution in [2.45, 2.75) is 46.7 Å². The highest BCUT2D eigenvalue weighted by atomic mass is 15.3. The Bertz CT molecular complexity index is 736. The van der Waals surface area contributed by atoms with Crippen LogP contribution in [-0.2, 0) is 13.6 Å². The molecule has 2 N–H and O–H groups in total. The van der Waals surface area contributed by atoms with E-state index in [0.717, 1.165) is 37.1 Å². The largest absolute Gasteiger partial charge is 0.375 e. The van der Waals surface area contributed by atoms with E-state index in [0.29, 0.717) is 18.5 Å². The minimum Gasteiger partial charge on any atom is -0.375 e. The Morgan fingerprint density at radius 2 is 1.89 bits per heavy atom. The van der Waals surface area contributed by atoms with Crippen LogP contribution in [0.5, 0.6) is 0 Å². The number of aliphatic imine (C=N–C) groups is 1. The van der Waals surface area contributed by atoms with Gasteiger partial charge in [0.25, 0.3) is 0 Å². The van der Waals surface area contributed by atoms with Crippen LogP contribution in [0.4, 0.5) is 5.69 Å². The Balaban J connectivity index is 1.89. The molecule has 0 bridgehead atoms. The molecule has 2 rings (SSSR count). The van der Waals surface area contributed by atoms with Crippen LogP contribution in [0.1, 0.15) is 38.8 Å². The van der Waals surface area contributed by atoms with Gasteiger partial charge in [-0.1, -0.05) is 32.0 Å². The predicted molar refractivity (Wildman–Crippen MR) is 117 cm³/mol. The summed E-state index contributed by atoms with van der Waals surface area (Å²) in [6, 6.07) is 10.8. The fourth-order valence-electron chi connectivity index (χ4n) is 2.61.